The molecule has 2 bridgehead atoms. The summed E-state index contributed by atoms with van der Waals surface area (Å²) in [7, 11) is -4.05. The van der Waals surface area contributed by atoms with E-state index in [9.17, 15) is 22.7 Å². The Labute approximate surface area is 197 Å². The number of halogens is 1. The minimum Gasteiger partial charge on any atom is -0.511 e. The Bertz CT molecular complexity index is 1390. The van der Waals surface area contributed by atoms with Crippen LogP contribution in [0.25, 0.3) is 0 Å². The maximum atomic E-state index is 14.0. The Morgan fingerprint density at radius 2 is 1.91 bits per heavy atom. The molecule has 2 aliphatic carbocycles. The Balaban J connectivity index is 1.49. The number of rotatable bonds is 3. The van der Waals surface area contributed by atoms with Crippen molar-refractivity contribution in [2.45, 2.75) is 43.2 Å². The monoisotopic (exact) mass is 481 g/mol. The van der Waals surface area contributed by atoms with E-state index < -0.39 is 21.5 Å². The smallest absolute Gasteiger partial charge is 0.286 e. The number of amides is 1. The zero-order chi connectivity index (χ0) is 23.8. The Hall–Kier alpha value is -3.20. The van der Waals surface area contributed by atoms with Gasteiger partial charge in [-0.05, 0) is 67.9 Å². The molecule has 7 nitrogen and oxygen atoms in total. The van der Waals surface area contributed by atoms with Crippen molar-refractivity contribution < 1.29 is 22.7 Å². The van der Waals surface area contributed by atoms with Gasteiger partial charge in [-0.3, -0.25) is 4.79 Å². The lowest BCUT2D eigenvalue weighted by Gasteiger charge is -2.52. The molecule has 2 aromatic rings. The number of benzene rings is 2. The highest BCUT2D eigenvalue weighted by Gasteiger charge is 2.64. The molecule has 2 N–H and O–H groups in total. The average molecular weight is 482 g/mol. The van der Waals surface area contributed by atoms with E-state index in [0.29, 0.717) is 5.69 Å². The lowest BCUT2D eigenvalue weighted by atomic mass is 9.68. The van der Waals surface area contributed by atoms with Gasteiger partial charge in [0.05, 0.1) is 11.2 Å². The van der Waals surface area contributed by atoms with Gasteiger partial charge in [-0.1, -0.05) is 24.3 Å². The molecular weight excluding hydrogens is 457 g/mol. The van der Waals surface area contributed by atoms with Crippen molar-refractivity contribution in [2.24, 2.45) is 22.2 Å². The number of aliphatic hydroxyl groups is 1. The molecule has 2 saturated carbocycles. The van der Waals surface area contributed by atoms with Crippen LogP contribution >= 0.6 is 0 Å². The molecule has 0 saturated heterocycles. The predicted octanol–water partition coefficient (Wildman–Crippen LogP) is 4.00. The van der Waals surface area contributed by atoms with Crippen LogP contribution in [-0.4, -0.2) is 35.7 Å². The fraction of sp³-hybridized carbons (Fsp3) is 0.360. The van der Waals surface area contributed by atoms with Gasteiger partial charge in [-0.2, -0.15) is 8.42 Å². The molecule has 4 aliphatic rings. The van der Waals surface area contributed by atoms with E-state index in [-0.39, 0.29) is 52.2 Å². The molecule has 0 spiro atoms. The number of para-hydroxylation sites is 1. The molecular formula is C25H24FN3O4S. The SMILES string of the molecule is C[C@]12[C@@H]3CC[C@@H](C3)[C@H]1C(O)=C(C1=NS(=O)(=O)c3ccccc3N1)C(=O)N2Cc1ccc(F)cc1. The quantitative estimate of drug-likeness (QED) is 0.691. The van der Waals surface area contributed by atoms with Crippen molar-refractivity contribution in [1.82, 2.24) is 4.90 Å². The second-order valence-corrected chi connectivity index (χ2v) is 11.4. The van der Waals surface area contributed by atoms with E-state index in [1.54, 1.807) is 35.2 Å². The van der Waals surface area contributed by atoms with Gasteiger partial charge in [-0.15, -0.1) is 4.40 Å². The second kappa shape index (κ2) is 7.15. The Morgan fingerprint density at radius 1 is 1.18 bits per heavy atom. The molecule has 2 fully saturated rings. The third-order valence-electron chi connectivity index (χ3n) is 8.11. The summed E-state index contributed by atoms with van der Waals surface area (Å²) in [6.07, 6.45) is 2.81. The average Bonchev–Trinajstić information content (AvgIpc) is 3.38. The molecule has 2 aromatic carbocycles. The molecule has 176 valence electrons. The third-order valence-corrected chi connectivity index (χ3v) is 9.45. The summed E-state index contributed by atoms with van der Waals surface area (Å²) in [6.45, 7) is 2.24. The molecule has 0 unspecified atom stereocenters. The minimum absolute atomic E-state index is 0.0232. The number of carbonyl (C=O) groups excluding carboxylic acids is 1. The van der Waals surface area contributed by atoms with E-state index in [4.69, 9.17) is 0 Å². The van der Waals surface area contributed by atoms with Gasteiger partial charge in [-0.25, -0.2) is 4.39 Å². The molecule has 2 heterocycles. The number of anilines is 1. The molecule has 9 heteroatoms. The van der Waals surface area contributed by atoms with Gasteiger partial charge >= 0.3 is 0 Å². The van der Waals surface area contributed by atoms with Gasteiger partial charge in [0.15, 0.2) is 5.84 Å². The summed E-state index contributed by atoms with van der Waals surface area (Å²) in [4.78, 5) is 15.7. The number of nitrogens with one attached hydrogen (secondary N) is 1. The number of hydrogen-bond donors (Lipinski definition) is 2. The van der Waals surface area contributed by atoms with E-state index in [2.05, 4.69) is 9.71 Å². The van der Waals surface area contributed by atoms with Crippen LogP contribution in [0.5, 0.6) is 0 Å². The van der Waals surface area contributed by atoms with Crippen LogP contribution in [0.15, 0.2) is 69.2 Å². The highest BCUT2D eigenvalue weighted by molar-refractivity contribution is 7.90. The van der Waals surface area contributed by atoms with E-state index in [1.165, 1.54) is 18.2 Å². The van der Waals surface area contributed by atoms with Crippen molar-refractivity contribution in [3.05, 3.63) is 71.2 Å². The number of fused-ring (bicyclic) bond motifs is 6. The molecule has 0 aromatic heterocycles. The Kier molecular flexibility index (Phi) is 4.49. The number of aliphatic hydroxyl groups excluding tert-OH is 1. The first kappa shape index (κ1) is 21.3. The van der Waals surface area contributed by atoms with Crippen molar-refractivity contribution in [2.75, 3.05) is 5.32 Å². The summed E-state index contributed by atoms with van der Waals surface area (Å²) < 4.78 is 43.1. The fourth-order valence-corrected chi connectivity index (χ4v) is 7.67. The minimum atomic E-state index is -4.05. The first-order valence-corrected chi connectivity index (χ1v) is 12.8. The van der Waals surface area contributed by atoms with Crippen molar-refractivity contribution in [1.29, 1.82) is 0 Å². The number of hydrogen-bond acceptors (Lipinski definition) is 5. The van der Waals surface area contributed by atoms with Crippen molar-refractivity contribution >= 4 is 27.5 Å². The number of carbonyl (C=O) groups is 1. The fourth-order valence-electron chi connectivity index (χ4n) is 6.55. The number of nitrogens with zero attached hydrogens (tertiary/aromatic N) is 2. The van der Waals surface area contributed by atoms with Crippen LogP contribution in [0.3, 0.4) is 0 Å². The molecule has 34 heavy (non-hydrogen) atoms. The third kappa shape index (κ3) is 2.89. The zero-order valence-corrected chi connectivity index (χ0v) is 19.3. The second-order valence-electron chi connectivity index (χ2n) is 9.79. The van der Waals surface area contributed by atoms with E-state index in [1.807, 2.05) is 6.92 Å². The van der Waals surface area contributed by atoms with E-state index >= 15 is 0 Å². The summed E-state index contributed by atoms with van der Waals surface area (Å²) in [5.41, 5.74) is 0.352. The van der Waals surface area contributed by atoms with Crippen LogP contribution in [0.1, 0.15) is 31.7 Å². The van der Waals surface area contributed by atoms with Gasteiger partial charge in [0.25, 0.3) is 15.9 Å². The van der Waals surface area contributed by atoms with Crippen LogP contribution in [0.2, 0.25) is 0 Å². The van der Waals surface area contributed by atoms with Crippen LogP contribution in [0.4, 0.5) is 10.1 Å². The lowest BCUT2D eigenvalue weighted by Crippen LogP contribution is -2.61. The van der Waals surface area contributed by atoms with Crippen molar-refractivity contribution in [3.63, 3.8) is 0 Å². The van der Waals surface area contributed by atoms with Crippen LogP contribution < -0.4 is 5.32 Å². The van der Waals surface area contributed by atoms with Crippen LogP contribution in [0, 0.1) is 23.6 Å². The molecule has 1 amide bonds. The Morgan fingerprint density at radius 3 is 2.68 bits per heavy atom. The summed E-state index contributed by atoms with van der Waals surface area (Å²) >= 11 is 0. The maximum Gasteiger partial charge on any atom is 0.286 e. The molecule has 0 radical (unpaired) electrons. The van der Waals surface area contributed by atoms with Gasteiger partial charge < -0.3 is 15.3 Å². The predicted molar refractivity (Wildman–Crippen MR) is 124 cm³/mol. The normalized spacial score (nSPS) is 31.1. The first-order chi connectivity index (χ1) is 16.2. The maximum absolute atomic E-state index is 14.0. The number of amidine groups is 1. The molecule has 6 rings (SSSR count). The van der Waals surface area contributed by atoms with Gasteiger partial charge in [0.1, 0.15) is 22.0 Å². The largest absolute Gasteiger partial charge is 0.511 e. The highest BCUT2D eigenvalue weighted by Crippen LogP contribution is 2.61. The summed E-state index contributed by atoms with van der Waals surface area (Å²) in [5.74, 6) is -0.979. The van der Waals surface area contributed by atoms with Crippen molar-refractivity contribution in [3.8, 4) is 0 Å². The highest BCUT2D eigenvalue weighted by atomic mass is 32.2. The van der Waals surface area contributed by atoms with Gasteiger partial charge in [0, 0.05) is 12.5 Å². The molecule has 2 aliphatic heterocycles. The first-order valence-electron chi connectivity index (χ1n) is 11.4. The topological polar surface area (TPSA) is 99.1 Å². The van der Waals surface area contributed by atoms with Gasteiger partial charge in [0.2, 0.25) is 0 Å². The zero-order valence-electron chi connectivity index (χ0n) is 18.5. The number of sulfonamides is 1. The molecule has 4 atom stereocenters. The lowest BCUT2D eigenvalue weighted by molar-refractivity contribution is -0.141. The van der Waals surface area contributed by atoms with Crippen LogP contribution in [-0.2, 0) is 21.4 Å². The standard InChI is InChI=1S/C25H24FN3O4S/c1-25-16-9-8-15(12-16)21(25)22(30)20(24(31)29(25)13-14-6-10-17(26)11-7-14)23-27-18-4-2-3-5-19(18)34(32,33)28-23/h2-7,10-11,15-16,21,30H,8-9,12-13H2,1H3,(H,27,28)/t15-,16+,21-,25-/m0/s1. The summed E-state index contributed by atoms with van der Waals surface area (Å²) in [6, 6.07) is 12.3. The van der Waals surface area contributed by atoms with E-state index in [0.717, 1.165) is 24.8 Å². The summed E-state index contributed by atoms with van der Waals surface area (Å²) in [5, 5.41) is 14.4.